The zero-order valence-electron chi connectivity index (χ0n) is 17.1. The Balaban J connectivity index is 1.16. The molecule has 0 amide bonds. The van der Waals surface area contributed by atoms with Crippen LogP contribution in [0.3, 0.4) is 0 Å². The minimum absolute atomic E-state index is 0.432. The van der Waals surface area contributed by atoms with Gasteiger partial charge in [0, 0.05) is 43.3 Å². The summed E-state index contributed by atoms with van der Waals surface area (Å²) in [6, 6.07) is 11.7. The Morgan fingerprint density at radius 2 is 1.57 bits per heavy atom. The molecule has 0 atom stereocenters. The molecule has 0 radical (unpaired) electrons. The minimum Gasteiger partial charge on any atom is -0.375 e. The molecule has 1 aromatic carbocycles. The van der Waals surface area contributed by atoms with Crippen molar-refractivity contribution in [2.45, 2.75) is 70.1 Å². The Hall–Kier alpha value is -1.65. The minimum atomic E-state index is 0.432. The molecule has 0 unspecified atom stereocenters. The molecule has 0 bridgehead atoms. The Morgan fingerprint density at radius 1 is 0.857 bits per heavy atom. The number of hydrogen-bond acceptors (Lipinski definition) is 4. The van der Waals surface area contributed by atoms with Crippen LogP contribution in [0.4, 0.5) is 5.69 Å². The second-order valence-electron chi connectivity index (χ2n) is 8.94. The summed E-state index contributed by atoms with van der Waals surface area (Å²) in [6.45, 7) is 6.71. The number of aryl methyl sites for hydroxylation is 1. The smallest absolute Gasteiger partial charge is 0.0938 e. The highest BCUT2D eigenvalue weighted by molar-refractivity contribution is 5.91. The van der Waals surface area contributed by atoms with Gasteiger partial charge >= 0.3 is 0 Å². The van der Waals surface area contributed by atoms with Gasteiger partial charge in [-0.2, -0.15) is 0 Å². The molecule has 2 aliphatic heterocycles. The van der Waals surface area contributed by atoms with E-state index in [1.165, 1.54) is 56.3 Å². The first kappa shape index (κ1) is 18.4. The second kappa shape index (κ2) is 8.00. The third-order valence-electron chi connectivity index (χ3n) is 7.07. The van der Waals surface area contributed by atoms with Crippen molar-refractivity contribution in [2.24, 2.45) is 0 Å². The number of pyridine rings is 1. The van der Waals surface area contributed by atoms with Gasteiger partial charge in [-0.15, -0.1) is 0 Å². The summed E-state index contributed by atoms with van der Waals surface area (Å²) in [5, 5.41) is 1.24. The fraction of sp³-hybridized carbons (Fsp3) is 0.625. The molecule has 4 heteroatoms. The van der Waals surface area contributed by atoms with Crippen molar-refractivity contribution in [1.82, 2.24) is 9.88 Å². The van der Waals surface area contributed by atoms with Crippen LogP contribution in [0, 0.1) is 6.92 Å². The third-order valence-corrected chi connectivity index (χ3v) is 7.07. The van der Waals surface area contributed by atoms with Crippen molar-refractivity contribution in [3.05, 3.63) is 36.0 Å². The van der Waals surface area contributed by atoms with Crippen LogP contribution in [0.25, 0.3) is 10.9 Å². The lowest BCUT2D eigenvalue weighted by Crippen LogP contribution is -2.47. The van der Waals surface area contributed by atoms with E-state index < -0.39 is 0 Å². The number of ether oxygens (including phenoxy) is 1. The van der Waals surface area contributed by atoms with Crippen LogP contribution in [0.2, 0.25) is 0 Å². The number of hydrogen-bond donors (Lipinski definition) is 0. The van der Waals surface area contributed by atoms with E-state index in [1.54, 1.807) is 0 Å². The lowest BCUT2D eigenvalue weighted by molar-refractivity contribution is -0.0598. The van der Waals surface area contributed by atoms with E-state index in [1.807, 2.05) is 0 Å². The summed E-state index contributed by atoms with van der Waals surface area (Å²) in [5.41, 5.74) is 3.52. The number of anilines is 1. The van der Waals surface area contributed by atoms with Gasteiger partial charge in [0.25, 0.3) is 0 Å². The molecule has 0 spiro atoms. The molecule has 3 fully saturated rings. The van der Waals surface area contributed by atoms with E-state index in [-0.39, 0.29) is 0 Å². The normalized spacial score (nSPS) is 23.2. The van der Waals surface area contributed by atoms with Crippen LogP contribution in [-0.2, 0) is 4.74 Å². The average molecular weight is 380 g/mol. The van der Waals surface area contributed by atoms with Gasteiger partial charge < -0.3 is 14.5 Å². The fourth-order valence-corrected chi connectivity index (χ4v) is 5.12. The first-order chi connectivity index (χ1) is 13.8. The predicted molar refractivity (Wildman–Crippen MR) is 115 cm³/mol. The second-order valence-corrected chi connectivity index (χ2v) is 8.94. The van der Waals surface area contributed by atoms with E-state index in [9.17, 15) is 0 Å². The zero-order valence-corrected chi connectivity index (χ0v) is 17.1. The van der Waals surface area contributed by atoms with Crippen LogP contribution in [0.1, 0.15) is 50.6 Å². The number of fused-ring (bicyclic) bond motifs is 1. The fourth-order valence-electron chi connectivity index (χ4n) is 5.12. The van der Waals surface area contributed by atoms with Crippen molar-refractivity contribution in [1.29, 1.82) is 0 Å². The Morgan fingerprint density at radius 3 is 2.25 bits per heavy atom. The molecule has 1 saturated carbocycles. The molecular formula is C24H33N3O. The molecule has 3 heterocycles. The first-order valence-corrected chi connectivity index (χ1v) is 11.3. The monoisotopic (exact) mass is 379 g/mol. The van der Waals surface area contributed by atoms with Gasteiger partial charge in [-0.25, -0.2) is 0 Å². The summed E-state index contributed by atoms with van der Waals surface area (Å²) in [7, 11) is 0. The maximum atomic E-state index is 6.53. The van der Waals surface area contributed by atoms with Gasteiger partial charge in [-0.05, 0) is 57.6 Å². The summed E-state index contributed by atoms with van der Waals surface area (Å²) in [4.78, 5) is 10.0. The molecule has 1 aromatic heterocycles. The van der Waals surface area contributed by atoms with Crippen LogP contribution >= 0.6 is 0 Å². The summed E-state index contributed by atoms with van der Waals surface area (Å²) < 4.78 is 6.53. The molecule has 0 N–H and O–H groups in total. The van der Waals surface area contributed by atoms with Crippen molar-refractivity contribution in [3.8, 4) is 0 Å². The Bertz CT molecular complexity index is 803. The molecule has 150 valence electrons. The van der Waals surface area contributed by atoms with E-state index in [2.05, 4.69) is 47.1 Å². The molecular weight excluding hydrogens is 346 g/mol. The molecule has 5 rings (SSSR count). The number of nitrogens with zero attached hydrogens (tertiary/aromatic N) is 3. The largest absolute Gasteiger partial charge is 0.375 e. The maximum absolute atomic E-state index is 6.53. The SMILES string of the molecule is Cc1ccc2cccc(N3CCC(OC4CCN(C5CCC5)CC4)CC3)c2n1. The topological polar surface area (TPSA) is 28.6 Å². The van der Waals surface area contributed by atoms with E-state index in [4.69, 9.17) is 9.72 Å². The van der Waals surface area contributed by atoms with Gasteiger partial charge in [0.05, 0.1) is 23.4 Å². The summed E-state index contributed by atoms with van der Waals surface area (Å²) in [5.74, 6) is 0. The van der Waals surface area contributed by atoms with Crippen molar-refractivity contribution < 1.29 is 4.74 Å². The quantitative estimate of drug-likeness (QED) is 0.779. The number of rotatable bonds is 4. The highest BCUT2D eigenvalue weighted by atomic mass is 16.5. The number of benzene rings is 1. The van der Waals surface area contributed by atoms with Gasteiger partial charge in [0.15, 0.2) is 0 Å². The van der Waals surface area contributed by atoms with Crippen molar-refractivity contribution >= 4 is 16.6 Å². The highest BCUT2D eigenvalue weighted by Crippen LogP contribution is 2.31. The lowest BCUT2D eigenvalue weighted by Gasteiger charge is -2.43. The molecule has 28 heavy (non-hydrogen) atoms. The van der Waals surface area contributed by atoms with Crippen LogP contribution in [-0.4, -0.2) is 54.3 Å². The van der Waals surface area contributed by atoms with E-state index >= 15 is 0 Å². The molecule has 2 saturated heterocycles. The molecule has 4 nitrogen and oxygen atoms in total. The number of aromatic nitrogens is 1. The number of likely N-dealkylation sites (tertiary alicyclic amines) is 1. The van der Waals surface area contributed by atoms with E-state index in [0.717, 1.165) is 43.2 Å². The number of para-hydroxylation sites is 1. The van der Waals surface area contributed by atoms with Gasteiger partial charge in [0.2, 0.25) is 0 Å². The first-order valence-electron chi connectivity index (χ1n) is 11.3. The lowest BCUT2D eigenvalue weighted by atomic mass is 9.89. The number of piperidine rings is 2. The standard InChI is InChI=1S/C24H33N3O/c1-18-8-9-19-4-2-7-23(24(19)25-18)27-16-12-22(13-17-27)28-21-10-14-26(15-11-21)20-5-3-6-20/h2,4,7-9,20-22H,3,5-6,10-17H2,1H3. The molecule has 3 aliphatic rings. The van der Waals surface area contributed by atoms with Gasteiger partial charge in [-0.1, -0.05) is 24.6 Å². The predicted octanol–water partition coefficient (Wildman–Crippen LogP) is 4.55. The van der Waals surface area contributed by atoms with Gasteiger partial charge in [-0.3, -0.25) is 4.98 Å². The molecule has 2 aromatic rings. The Kier molecular flexibility index (Phi) is 5.25. The zero-order chi connectivity index (χ0) is 18.9. The average Bonchev–Trinajstić information content (AvgIpc) is 2.68. The summed E-state index contributed by atoms with van der Waals surface area (Å²) >= 11 is 0. The van der Waals surface area contributed by atoms with Crippen LogP contribution in [0.5, 0.6) is 0 Å². The van der Waals surface area contributed by atoms with Crippen molar-refractivity contribution in [3.63, 3.8) is 0 Å². The van der Waals surface area contributed by atoms with Crippen LogP contribution in [0.15, 0.2) is 30.3 Å². The molecule has 1 aliphatic carbocycles. The Labute approximate surface area is 168 Å². The maximum Gasteiger partial charge on any atom is 0.0938 e. The highest BCUT2D eigenvalue weighted by Gasteiger charge is 2.31. The summed E-state index contributed by atoms with van der Waals surface area (Å²) in [6.07, 6.45) is 9.91. The van der Waals surface area contributed by atoms with Crippen molar-refractivity contribution in [2.75, 3.05) is 31.1 Å². The van der Waals surface area contributed by atoms with Gasteiger partial charge in [0.1, 0.15) is 0 Å². The van der Waals surface area contributed by atoms with E-state index in [0.29, 0.717) is 12.2 Å². The van der Waals surface area contributed by atoms with Crippen LogP contribution < -0.4 is 4.90 Å². The third kappa shape index (κ3) is 3.77.